The van der Waals surface area contributed by atoms with E-state index in [0.717, 1.165) is 23.9 Å². The highest BCUT2D eigenvalue weighted by molar-refractivity contribution is 7.99. The van der Waals surface area contributed by atoms with Gasteiger partial charge in [0.1, 0.15) is 0 Å². The van der Waals surface area contributed by atoms with Crippen LogP contribution in [0.3, 0.4) is 0 Å². The molecule has 106 valence electrons. The number of aryl methyl sites for hydroxylation is 1. The normalized spacial score (nSPS) is 14.8. The second-order valence-corrected chi connectivity index (χ2v) is 5.68. The topological polar surface area (TPSA) is 71.8 Å². The highest BCUT2D eigenvalue weighted by Crippen LogP contribution is 2.26. The zero-order chi connectivity index (χ0) is 13.9. The van der Waals surface area contributed by atoms with Gasteiger partial charge in [-0.15, -0.1) is 0 Å². The maximum absolute atomic E-state index is 4.56. The third-order valence-electron chi connectivity index (χ3n) is 3.11. The van der Waals surface area contributed by atoms with Gasteiger partial charge in [0.15, 0.2) is 5.16 Å². The predicted octanol–water partition coefficient (Wildman–Crippen LogP) is 1.40. The summed E-state index contributed by atoms with van der Waals surface area (Å²) in [5.74, 6) is 1.36. The molecule has 0 aliphatic carbocycles. The first-order valence-corrected chi connectivity index (χ1v) is 7.41. The van der Waals surface area contributed by atoms with Crippen molar-refractivity contribution in [1.82, 2.24) is 24.7 Å². The highest BCUT2D eigenvalue weighted by atomic mass is 32.2. The molecule has 7 nitrogen and oxygen atoms in total. The van der Waals surface area contributed by atoms with Crippen LogP contribution in [0, 0.1) is 0 Å². The van der Waals surface area contributed by atoms with Crippen molar-refractivity contribution >= 4 is 23.7 Å². The van der Waals surface area contributed by atoms with E-state index in [9.17, 15) is 0 Å². The van der Waals surface area contributed by atoms with Gasteiger partial charge in [-0.3, -0.25) is 4.68 Å². The summed E-state index contributed by atoms with van der Waals surface area (Å²) >= 11 is 1.50. The van der Waals surface area contributed by atoms with Gasteiger partial charge in [-0.2, -0.15) is 20.1 Å². The molecule has 0 radical (unpaired) electrons. The Morgan fingerprint density at radius 1 is 1.20 bits per heavy atom. The van der Waals surface area contributed by atoms with Gasteiger partial charge in [-0.05, 0) is 24.6 Å². The van der Waals surface area contributed by atoms with Crippen molar-refractivity contribution in [3.8, 4) is 0 Å². The molecule has 1 aliphatic rings. The van der Waals surface area contributed by atoms with Crippen molar-refractivity contribution in [1.29, 1.82) is 0 Å². The molecule has 0 atom stereocenters. The molecular weight excluding hydrogens is 274 g/mol. The van der Waals surface area contributed by atoms with Crippen LogP contribution in [0.5, 0.6) is 0 Å². The molecule has 2 aromatic rings. The molecular formula is C12H17N7S. The smallest absolute Gasteiger partial charge is 0.231 e. The van der Waals surface area contributed by atoms with Gasteiger partial charge in [-0.1, -0.05) is 0 Å². The molecule has 1 N–H and O–H groups in total. The average Bonchev–Trinajstić information content (AvgIpc) is 3.10. The van der Waals surface area contributed by atoms with Gasteiger partial charge < -0.3 is 10.2 Å². The predicted molar refractivity (Wildman–Crippen MR) is 78.2 cm³/mol. The van der Waals surface area contributed by atoms with E-state index in [1.807, 2.05) is 26.5 Å². The molecule has 20 heavy (non-hydrogen) atoms. The van der Waals surface area contributed by atoms with Gasteiger partial charge in [0.2, 0.25) is 11.9 Å². The minimum atomic E-state index is 0.605. The Labute approximate surface area is 121 Å². The van der Waals surface area contributed by atoms with Crippen molar-refractivity contribution in [2.75, 3.05) is 30.4 Å². The highest BCUT2D eigenvalue weighted by Gasteiger charge is 2.17. The number of hydrogen-bond acceptors (Lipinski definition) is 7. The fourth-order valence-corrected chi connectivity index (χ4v) is 2.89. The molecule has 1 saturated heterocycles. The first-order valence-electron chi connectivity index (χ1n) is 6.60. The van der Waals surface area contributed by atoms with Gasteiger partial charge >= 0.3 is 0 Å². The third-order valence-corrected chi connectivity index (χ3v) is 3.92. The zero-order valence-corrected chi connectivity index (χ0v) is 12.4. The molecule has 0 aromatic carbocycles. The van der Waals surface area contributed by atoms with Crippen LogP contribution in [0.1, 0.15) is 12.8 Å². The van der Waals surface area contributed by atoms with Gasteiger partial charge in [0.05, 0.1) is 11.1 Å². The number of hydrogen-bond donors (Lipinski definition) is 1. The summed E-state index contributed by atoms with van der Waals surface area (Å²) in [6, 6.07) is 0. The Hall–Kier alpha value is -1.83. The molecule has 0 spiro atoms. The van der Waals surface area contributed by atoms with E-state index < -0.39 is 0 Å². The standard InChI is InChI=1S/C12H17N7S/c1-13-10-15-11(19-5-3-4-6-19)17-12(16-10)20-9-7-14-18(2)8-9/h7-8H,3-6H2,1-2H3,(H,13,15,16,17). The van der Waals surface area contributed by atoms with Crippen LogP contribution >= 0.6 is 11.8 Å². The van der Waals surface area contributed by atoms with Crippen LogP contribution in [-0.4, -0.2) is 44.9 Å². The van der Waals surface area contributed by atoms with Crippen LogP contribution in [0.15, 0.2) is 22.4 Å². The third kappa shape index (κ3) is 2.84. The molecule has 8 heteroatoms. The van der Waals surface area contributed by atoms with Crippen LogP contribution in [-0.2, 0) is 7.05 Å². The number of nitrogens with zero attached hydrogens (tertiary/aromatic N) is 6. The van der Waals surface area contributed by atoms with Crippen molar-refractivity contribution in [2.24, 2.45) is 7.05 Å². The quantitative estimate of drug-likeness (QED) is 0.912. The maximum atomic E-state index is 4.56. The summed E-state index contributed by atoms with van der Waals surface area (Å²) in [7, 11) is 3.72. The van der Waals surface area contributed by atoms with E-state index in [2.05, 4.69) is 30.3 Å². The number of nitrogens with one attached hydrogen (secondary N) is 1. The fraction of sp³-hybridized carbons (Fsp3) is 0.500. The minimum absolute atomic E-state index is 0.605. The summed E-state index contributed by atoms with van der Waals surface area (Å²) in [5.41, 5.74) is 0. The Bertz CT molecular complexity index is 591. The van der Waals surface area contributed by atoms with E-state index in [-0.39, 0.29) is 0 Å². The minimum Gasteiger partial charge on any atom is -0.357 e. The molecule has 1 fully saturated rings. The van der Waals surface area contributed by atoms with Crippen LogP contribution < -0.4 is 10.2 Å². The second kappa shape index (κ2) is 5.66. The Kier molecular flexibility index (Phi) is 3.72. The van der Waals surface area contributed by atoms with Crippen LogP contribution in [0.4, 0.5) is 11.9 Å². The monoisotopic (exact) mass is 291 g/mol. The van der Waals surface area contributed by atoms with E-state index in [1.54, 1.807) is 4.68 Å². The van der Waals surface area contributed by atoms with Crippen LogP contribution in [0.25, 0.3) is 0 Å². The van der Waals surface area contributed by atoms with E-state index in [0.29, 0.717) is 11.1 Å². The first-order chi connectivity index (χ1) is 9.74. The molecule has 0 amide bonds. The fourth-order valence-electron chi connectivity index (χ4n) is 2.12. The first kappa shape index (κ1) is 13.2. The summed E-state index contributed by atoms with van der Waals surface area (Å²) in [4.78, 5) is 16.6. The summed E-state index contributed by atoms with van der Waals surface area (Å²) < 4.78 is 1.77. The van der Waals surface area contributed by atoms with Crippen LogP contribution in [0.2, 0.25) is 0 Å². The van der Waals surface area contributed by atoms with E-state index in [4.69, 9.17) is 0 Å². The Morgan fingerprint density at radius 2 is 2.00 bits per heavy atom. The van der Waals surface area contributed by atoms with Gasteiger partial charge in [0.25, 0.3) is 0 Å². The van der Waals surface area contributed by atoms with Crippen molar-refractivity contribution < 1.29 is 0 Å². The number of rotatable bonds is 4. The average molecular weight is 291 g/mol. The molecule has 0 unspecified atom stereocenters. The van der Waals surface area contributed by atoms with E-state index >= 15 is 0 Å². The lowest BCUT2D eigenvalue weighted by Gasteiger charge is -2.16. The number of aromatic nitrogens is 5. The molecule has 0 saturated carbocycles. The number of anilines is 2. The van der Waals surface area contributed by atoms with Gasteiger partial charge in [-0.25, -0.2) is 0 Å². The van der Waals surface area contributed by atoms with Gasteiger partial charge in [0, 0.05) is 33.4 Å². The van der Waals surface area contributed by atoms with Crippen molar-refractivity contribution in [3.63, 3.8) is 0 Å². The lowest BCUT2D eigenvalue weighted by molar-refractivity contribution is 0.766. The summed E-state index contributed by atoms with van der Waals surface area (Å²) in [6.45, 7) is 2.04. The summed E-state index contributed by atoms with van der Waals surface area (Å²) in [6.07, 6.45) is 6.16. The molecule has 3 heterocycles. The Balaban J connectivity index is 1.87. The zero-order valence-electron chi connectivity index (χ0n) is 11.6. The van der Waals surface area contributed by atoms with E-state index in [1.165, 1.54) is 24.6 Å². The largest absolute Gasteiger partial charge is 0.357 e. The van der Waals surface area contributed by atoms with Crippen molar-refractivity contribution in [3.05, 3.63) is 12.4 Å². The lowest BCUT2D eigenvalue weighted by Crippen LogP contribution is -2.21. The van der Waals surface area contributed by atoms with Crippen molar-refractivity contribution in [2.45, 2.75) is 22.9 Å². The lowest BCUT2D eigenvalue weighted by atomic mass is 10.4. The maximum Gasteiger partial charge on any atom is 0.231 e. The molecule has 0 bridgehead atoms. The second-order valence-electron chi connectivity index (χ2n) is 4.64. The molecule has 2 aromatic heterocycles. The summed E-state index contributed by atoms with van der Waals surface area (Å²) in [5, 5.41) is 7.85. The molecule has 3 rings (SSSR count). The molecule has 1 aliphatic heterocycles. The Morgan fingerprint density at radius 3 is 2.65 bits per heavy atom. The SMILES string of the molecule is CNc1nc(Sc2cnn(C)c2)nc(N2CCCC2)n1.